The summed E-state index contributed by atoms with van der Waals surface area (Å²) in [6.45, 7) is 5.77. The van der Waals surface area contributed by atoms with Crippen LogP contribution in [0.2, 0.25) is 5.28 Å². The number of thiophene rings is 1. The van der Waals surface area contributed by atoms with Gasteiger partial charge in [-0.1, -0.05) is 28.1 Å². The number of fused-ring (bicyclic) bond motifs is 1. The summed E-state index contributed by atoms with van der Waals surface area (Å²) in [6, 6.07) is 8.31. The van der Waals surface area contributed by atoms with Gasteiger partial charge in [0.1, 0.15) is 10.6 Å². The molecule has 3 aromatic rings. The van der Waals surface area contributed by atoms with E-state index in [1.54, 1.807) is 11.3 Å². The van der Waals surface area contributed by atoms with Crippen molar-refractivity contribution in [2.75, 3.05) is 18.0 Å². The molecule has 0 spiro atoms. The van der Waals surface area contributed by atoms with E-state index in [2.05, 4.69) is 62.2 Å². The van der Waals surface area contributed by atoms with Gasteiger partial charge >= 0.3 is 0 Å². The topological polar surface area (TPSA) is 38.2 Å². The van der Waals surface area contributed by atoms with Crippen LogP contribution in [-0.4, -0.2) is 35.3 Å². The van der Waals surface area contributed by atoms with Crippen molar-refractivity contribution in [2.45, 2.75) is 26.1 Å². The Bertz CT molecular complexity index is 905. The van der Waals surface area contributed by atoms with Gasteiger partial charge in [0.25, 0.3) is 0 Å². The Morgan fingerprint density at radius 2 is 1.84 bits per heavy atom. The molecule has 2 unspecified atom stereocenters. The molecule has 130 valence electrons. The van der Waals surface area contributed by atoms with Gasteiger partial charge in [-0.05, 0) is 43.1 Å². The Morgan fingerprint density at radius 1 is 1.16 bits per heavy atom. The molecule has 7 heteroatoms. The fraction of sp³-hybridized carbons (Fsp3) is 0.333. The van der Waals surface area contributed by atoms with Crippen molar-refractivity contribution in [3.63, 3.8) is 0 Å². The molecule has 1 aliphatic rings. The predicted molar refractivity (Wildman–Crippen MR) is 108 cm³/mol. The fourth-order valence-corrected chi connectivity index (χ4v) is 4.74. The van der Waals surface area contributed by atoms with Gasteiger partial charge in [-0.3, -0.25) is 0 Å². The van der Waals surface area contributed by atoms with E-state index in [-0.39, 0.29) is 12.2 Å². The summed E-state index contributed by atoms with van der Waals surface area (Å²) < 4.78 is 6.93. The Labute approximate surface area is 163 Å². The molecule has 0 saturated carbocycles. The monoisotopic (exact) mass is 437 g/mol. The number of halogens is 2. The molecule has 25 heavy (non-hydrogen) atoms. The van der Waals surface area contributed by atoms with Crippen LogP contribution >= 0.6 is 38.9 Å². The zero-order valence-corrected chi connectivity index (χ0v) is 17.0. The first kappa shape index (κ1) is 17.2. The number of ether oxygens (including phenoxy) is 1. The molecule has 4 nitrogen and oxygen atoms in total. The minimum Gasteiger partial charge on any atom is -0.372 e. The van der Waals surface area contributed by atoms with Crippen LogP contribution in [-0.2, 0) is 4.74 Å². The average Bonchev–Trinajstić information content (AvgIpc) is 2.97. The summed E-state index contributed by atoms with van der Waals surface area (Å²) in [7, 11) is 0. The normalized spacial score (nSPS) is 21.0. The molecule has 3 heterocycles. The van der Waals surface area contributed by atoms with E-state index in [1.165, 1.54) is 0 Å². The molecule has 0 amide bonds. The molecule has 0 bridgehead atoms. The number of aromatic nitrogens is 2. The summed E-state index contributed by atoms with van der Waals surface area (Å²) in [5.41, 5.74) is 2.29. The first-order valence-electron chi connectivity index (χ1n) is 8.12. The zero-order valence-electron chi connectivity index (χ0n) is 13.9. The van der Waals surface area contributed by atoms with E-state index in [4.69, 9.17) is 16.3 Å². The molecule has 2 atom stereocenters. The summed E-state index contributed by atoms with van der Waals surface area (Å²) >= 11 is 11.3. The van der Waals surface area contributed by atoms with Crippen molar-refractivity contribution in [2.24, 2.45) is 0 Å². The summed E-state index contributed by atoms with van der Waals surface area (Å²) in [4.78, 5) is 12.2. The highest BCUT2D eigenvalue weighted by Crippen LogP contribution is 2.39. The van der Waals surface area contributed by atoms with Gasteiger partial charge < -0.3 is 9.64 Å². The summed E-state index contributed by atoms with van der Waals surface area (Å²) in [6.07, 6.45) is 0.310. The number of nitrogens with zero attached hydrogens (tertiary/aromatic N) is 3. The van der Waals surface area contributed by atoms with Crippen LogP contribution in [0.5, 0.6) is 0 Å². The Morgan fingerprint density at radius 3 is 2.52 bits per heavy atom. The molecular formula is C18H17BrClN3OS. The molecule has 0 radical (unpaired) electrons. The van der Waals surface area contributed by atoms with Crippen LogP contribution in [0.25, 0.3) is 21.3 Å². The van der Waals surface area contributed by atoms with Crippen molar-refractivity contribution in [3.05, 3.63) is 39.4 Å². The largest absolute Gasteiger partial charge is 0.372 e. The van der Waals surface area contributed by atoms with E-state index in [0.29, 0.717) is 5.28 Å². The van der Waals surface area contributed by atoms with Crippen molar-refractivity contribution in [1.29, 1.82) is 0 Å². The molecule has 0 aliphatic carbocycles. The number of morpholine rings is 1. The lowest BCUT2D eigenvalue weighted by molar-refractivity contribution is -0.00537. The third kappa shape index (κ3) is 3.40. The smallest absolute Gasteiger partial charge is 0.225 e. The molecule has 1 aliphatic heterocycles. The third-order valence-corrected chi connectivity index (χ3v) is 5.83. The minimum absolute atomic E-state index is 0.155. The zero-order chi connectivity index (χ0) is 17.6. The number of hydrogen-bond acceptors (Lipinski definition) is 5. The van der Waals surface area contributed by atoms with Crippen LogP contribution in [0, 0.1) is 0 Å². The van der Waals surface area contributed by atoms with E-state index in [1.807, 2.05) is 12.1 Å². The first-order chi connectivity index (χ1) is 12.0. The van der Waals surface area contributed by atoms with Gasteiger partial charge in [-0.25, -0.2) is 4.98 Å². The Hall–Kier alpha value is -1.21. The van der Waals surface area contributed by atoms with Crippen LogP contribution in [0.4, 0.5) is 5.82 Å². The highest BCUT2D eigenvalue weighted by molar-refractivity contribution is 9.10. The molecule has 2 aromatic heterocycles. The van der Waals surface area contributed by atoms with Gasteiger partial charge in [0, 0.05) is 28.5 Å². The molecular weight excluding hydrogens is 422 g/mol. The molecule has 1 saturated heterocycles. The predicted octanol–water partition coefficient (Wildman–Crippen LogP) is 5.39. The maximum absolute atomic E-state index is 6.21. The highest BCUT2D eigenvalue weighted by Gasteiger charge is 2.26. The van der Waals surface area contributed by atoms with Crippen LogP contribution < -0.4 is 4.90 Å². The SMILES string of the molecule is CC1CN(c2nc(Cl)nc3scc(-c4ccc(Br)cc4)c23)CC(C)O1. The first-order valence-corrected chi connectivity index (χ1v) is 10.2. The lowest BCUT2D eigenvalue weighted by atomic mass is 10.1. The maximum atomic E-state index is 6.21. The fourth-order valence-electron chi connectivity index (χ4n) is 3.32. The lowest BCUT2D eigenvalue weighted by Gasteiger charge is -2.36. The lowest BCUT2D eigenvalue weighted by Crippen LogP contribution is -2.46. The molecule has 0 N–H and O–H groups in total. The minimum atomic E-state index is 0.155. The van der Waals surface area contributed by atoms with Gasteiger partial charge in [-0.15, -0.1) is 11.3 Å². The Kier molecular flexibility index (Phi) is 4.71. The average molecular weight is 439 g/mol. The molecule has 1 fully saturated rings. The molecule has 1 aromatic carbocycles. The van der Waals surface area contributed by atoms with Crippen molar-refractivity contribution >= 4 is 54.9 Å². The van der Waals surface area contributed by atoms with Gasteiger partial charge in [0.05, 0.1) is 17.6 Å². The number of anilines is 1. The second-order valence-corrected chi connectivity index (χ2v) is 8.43. The standard InChI is InChI=1S/C18H17BrClN3OS/c1-10-7-23(8-11(2)24-10)16-15-14(12-3-5-13(19)6-4-12)9-25-17(15)22-18(20)21-16/h3-6,9-11H,7-8H2,1-2H3. The van der Waals surface area contributed by atoms with Crippen LogP contribution in [0.15, 0.2) is 34.1 Å². The highest BCUT2D eigenvalue weighted by atomic mass is 79.9. The van der Waals surface area contributed by atoms with E-state index < -0.39 is 0 Å². The maximum Gasteiger partial charge on any atom is 0.225 e. The van der Waals surface area contributed by atoms with Crippen molar-refractivity contribution in [1.82, 2.24) is 9.97 Å². The van der Waals surface area contributed by atoms with Gasteiger partial charge in [0.15, 0.2) is 0 Å². The number of hydrogen-bond donors (Lipinski definition) is 0. The number of rotatable bonds is 2. The third-order valence-electron chi connectivity index (χ3n) is 4.26. The van der Waals surface area contributed by atoms with Crippen molar-refractivity contribution in [3.8, 4) is 11.1 Å². The summed E-state index contributed by atoms with van der Waals surface area (Å²) in [5.74, 6) is 0.899. The second kappa shape index (κ2) is 6.83. The summed E-state index contributed by atoms with van der Waals surface area (Å²) in [5, 5.41) is 3.49. The van der Waals surface area contributed by atoms with Crippen molar-refractivity contribution < 1.29 is 4.74 Å². The van der Waals surface area contributed by atoms with E-state index in [9.17, 15) is 0 Å². The number of benzene rings is 1. The second-order valence-electron chi connectivity index (χ2n) is 6.31. The van der Waals surface area contributed by atoms with E-state index in [0.717, 1.165) is 44.7 Å². The van der Waals surface area contributed by atoms with Crippen LogP contribution in [0.3, 0.4) is 0 Å². The Balaban J connectivity index is 1.88. The van der Waals surface area contributed by atoms with Crippen LogP contribution in [0.1, 0.15) is 13.8 Å². The molecule has 4 rings (SSSR count). The van der Waals surface area contributed by atoms with E-state index >= 15 is 0 Å². The quantitative estimate of drug-likeness (QED) is 0.503. The van der Waals surface area contributed by atoms with Gasteiger partial charge in [-0.2, -0.15) is 4.98 Å². The van der Waals surface area contributed by atoms with Gasteiger partial charge in [0.2, 0.25) is 5.28 Å².